The molecule has 0 spiro atoms. The van der Waals surface area contributed by atoms with Crippen molar-refractivity contribution in [2.24, 2.45) is 7.05 Å². The first-order valence-corrected chi connectivity index (χ1v) is 14.2. The summed E-state index contributed by atoms with van der Waals surface area (Å²) in [7, 11) is 3.57. The van der Waals surface area contributed by atoms with Crippen LogP contribution in [0.4, 0.5) is 0 Å². The van der Waals surface area contributed by atoms with Gasteiger partial charge in [0.1, 0.15) is 6.10 Å². The fraction of sp³-hybridized carbons (Fsp3) is 0.500. The zero-order valence-electron chi connectivity index (χ0n) is 25.0. The summed E-state index contributed by atoms with van der Waals surface area (Å²) in [6.07, 6.45) is 3.30. The fourth-order valence-corrected chi connectivity index (χ4v) is 5.34. The number of aryl methyl sites for hydroxylation is 1. The van der Waals surface area contributed by atoms with Gasteiger partial charge in [0.05, 0.1) is 59.1 Å². The number of aliphatic hydroxyl groups excluding tert-OH is 1. The Bertz CT molecular complexity index is 1530. The van der Waals surface area contributed by atoms with Crippen molar-refractivity contribution in [2.75, 3.05) is 20.2 Å². The Labute approximate surface area is 240 Å². The number of methoxy groups -OCH3 is 1. The van der Waals surface area contributed by atoms with E-state index in [4.69, 9.17) is 24.4 Å². The first-order valence-electron chi connectivity index (χ1n) is 14.2. The summed E-state index contributed by atoms with van der Waals surface area (Å²) in [6.45, 7) is 12.8. The van der Waals surface area contributed by atoms with Gasteiger partial charge in [0, 0.05) is 32.6 Å². The normalized spacial score (nSPS) is 17.6. The molecule has 0 saturated carbocycles. The highest BCUT2D eigenvalue weighted by Crippen LogP contribution is 2.37. The molecule has 0 aliphatic carbocycles. The predicted molar refractivity (Wildman–Crippen MR) is 159 cm³/mol. The van der Waals surface area contributed by atoms with E-state index in [2.05, 4.69) is 35.0 Å². The van der Waals surface area contributed by atoms with Crippen molar-refractivity contribution in [1.29, 1.82) is 0 Å². The fourth-order valence-electron chi connectivity index (χ4n) is 5.34. The van der Waals surface area contributed by atoms with Crippen LogP contribution in [0.5, 0.6) is 11.8 Å². The van der Waals surface area contributed by atoms with Gasteiger partial charge >= 0.3 is 0 Å². The Balaban J connectivity index is 1.72. The third kappa shape index (κ3) is 6.02. The zero-order chi connectivity index (χ0) is 29.3. The summed E-state index contributed by atoms with van der Waals surface area (Å²) in [6, 6.07) is 6.17. The average Bonchev–Trinajstić information content (AvgIpc) is 3.54. The van der Waals surface area contributed by atoms with Gasteiger partial charge in [0.15, 0.2) is 0 Å². The molecule has 1 aliphatic rings. The highest BCUT2D eigenvalue weighted by Gasteiger charge is 2.25. The average molecular weight is 564 g/mol. The molecule has 0 fully saturated rings. The van der Waals surface area contributed by atoms with Gasteiger partial charge in [-0.3, -0.25) is 14.7 Å². The lowest BCUT2D eigenvalue weighted by molar-refractivity contribution is 0.131. The molecule has 0 unspecified atom stereocenters. The molecular weight excluding hydrogens is 522 g/mol. The Morgan fingerprint density at radius 1 is 1.20 bits per heavy atom. The molecule has 0 radical (unpaired) electrons. The molecule has 11 nitrogen and oxygen atoms in total. The number of aromatic amines is 1. The van der Waals surface area contributed by atoms with E-state index in [1.165, 1.54) is 0 Å². The number of nitrogens with zero attached hydrogens (tertiary/aromatic N) is 6. The van der Waals surface area contributed by atoms with Gasteiger partial charge < -0.3 is 19.3 Å². The molecule has 41 heavy (non-hydrogen) atoms. The van der Waals surface area contributed by atoms with Crippen molar-refractivity contribution in [3.05, 3.63) is 40.8 Å². The van der Waals surface area contributed by atoms with E-state index in [0.29, 0.717) is 38.0 Å². The van der Waals surface area contributed by atoms with Crippen molar-refractivity contribution < 1.29 is 19.3 Å². The summed E-state index contributed by atoms with van der Waals surface area (Å²) < 4.78 is 22.0. The van der Waals surface area contributed by atoms with Crippen LogP contribution in [0.15, 0.2) is 18.2 Å². The third-order valence-corrected chi connectivity index (χ3v) is 7.13. The number of hydrogen-bond acceptors (Lipinski definition) is 8. The second-order valence-corrected chi connectivity index (χ2v) is 11.0. The van der Waals surface area contributed by atoms with Crippen LogP contribution in [0.1, 0.15) is 57.3 Å². The van der Waals surface area contributed by atoms with Crippen molar-refractivity contribution in [1.82, 2.24) is 34.7 Å². The predicted octanol–water partition coefficient (Wildman–Crippen LogP) is 4.25. The maximum absolute atomic E-state index is 10.3. The largest absolute Gasteiger partial charge is 0.473 e. The van der Waals surface area contributed by atoms with Crippen molar-refractivity contribution in [3.8, 4) is 22.9 Å². The van der Waals surface area contributed by atoms with Crippen LogP contribution in [0.2, 0.25) is 0 Å². The molecule has 3 aromatic heterocycles. The quantitative estimate of drug-likeness (QED) is 0.343. The molecule has 220 valence electrons. The van der Waals surface area contributed by atoms with Crippen LogP contribution in [-0.4, -0.2) is 78.3 Å². The van der Waals surface area contributed by atoms with E-state index in [0.717, 1.165) is 51.2 Å². The number of ether oxygens (including phenoxy) is 3. The summed E-state index contributed by atoms with van der Waals surface area (Å²) in [5.41, 5.74) is 6.28. The van der Waals surface area contributed by atoms with E-state index < -0.39 is 6.10 Å². The standard InChI is InChI=1S/C30H41N7O4/c1-8-36-15-20(5)41-30-28(26(17-39-7)33-35(30)6)21-9-11-24-23(13-21)25(32-31-24)12-10-22-27(16-36)37(14-19(4)38)34-29(22)40-18(2)3/h9-13,18-20,38H,8,14-17H2,1-7H3,(H,31,32)/b12-10+/t19-,20-/m0/s1. The monoisotopic (exact) mass is 563 g/mol. The highest BCUT2D eigenvalue weighted by atomic mass is 16.5. The first-order chi connectivity index (χ1) is 19.7. The Morgan fingerprint density at radius 3 is 2.71 bits per heavy atom. The highest BCUT2D eigenvalue weighted by molar-refractivity contribution is 5.93. The SMILES string of the molecule is CCN1Cc2c(c(OC(C)C)nn2C[C@H](C)O)/C=C/c2[nH]nc3ccc(cc23)-c2c(COC)nn(C)c2O[C@@H](C)C1. The Morgan fingerprint density at radius 2 is 2.00 bits per heavy atom. The molecule has 0 saturated heterocycles. The van der Waals surface area contributed by atoms with Gasteiger partial charge in [0.2, 0.25) is 11.8 Å². The summed E-state index contributed by atoms with van der Waals surface area (Å²) in [5, 5.41) is 28.6. The lowest BCUT2D eigenvalue weighted by Gasteiger charge is -2.26. The number of likely N-dealkylation sites (N-methyl/N-ethyl adjacent to an activating group) is 1. The van der Waals surface area contributed by atoms with Crippen LogP contribution in [0, 0.1) is 0 Å². The number of fused-ring (bicyclic) bond motifs is 4. The molecule has 4 heterocycles. The van der Waals surface area contributed by atoms with E-state index in [9.17, 15) is 5.11 Å². The van der Waals surface area contributed by atoms with Gasteiger partial charge in [-0.1, -0.05) is 13.0 Å². The molecule has 2 bridgehead atoms. The van der Waals surface area contributed by atoms with Gasteiger partial charge in [-0.2, -0.15) is 10.2 Å². The van der Waals surface area contributed by atoms with Crippen LogP contribution in [-0.2, 0) is 31.5 Å². The number of aromatic nitrogens is 6. The Kier molecular flexibility index (Phi) is 8.48. The number of benzene rings is 1. The zero-order valence-corrected chi connectivity index (χ0v) is 25.0. The second kappa shape index (κ2) is 12.1. The molecular formula is C30H41N7O4. The molecule has 1 aromatic carbocycles. The minimum atomic E-state index is -0.566. The molecule has 5 rings (SSSR count). The van der Waals surface area contributed by atoms with E-state index >= 15 is 0 Å². The molecule has 4 aromatic rings. The van der Waals surface area contributed by atoms with Gasteiger partial charge in [0.25, 0.3) is 0 Å². The van der Waals surface area contributed by atoms with Crippen LogP contribution >= 0.6 is 0 Å². The molecule has 2 atom stereocenters. The topological polar surface area (TPSA) is 115 Å². The molecule has 0 amide bonds. The smallest absolute Gasteiger partial charge is 0.240 e. The maximum atomic E-state index is 10.3. The maximum Gasteiger partial charge on any atom is 0.240 e. The minimum Gasteiger partial charge on any atom is -0.473 e. The number of hydrogen-bond donors (Lipinski definition) is 2. The first kappa shape index (κ1) is 28.8. The third-order valence-electron chi connectivity index (χ3n) is 7.13. The number of nitrogens with one attached hydrogen (secondary N) is 1. The number of rotatable bonds is 7. The number of aliphatic hydroxyl groups is 1. The van der Waals surface area contributed by atoms with Crippen molar-refractivity contribution >= 4 is 23.1 Å². The van der Waals surface area contributed by atoms with Crippen molar-refractivity contribution in [3.63, 3.8) is 0 Å². The molecule has 1 aliphatic heterocycles. The molecule has 11 heteroatoms. The summed E-state index contributed by atoms with van der Waals surface area (Å²) in [5.74, 6) is 1.24. The van der Waals surface area contributed by atoms with Crippen LogP contribution in [0.3, 0.4) is 0 Å². The summed E-state index contributed by atoms with van der Waals surface area (Å²) in [4.78, 5) is 2.32. The number of H-pyrrole nitrogens is 1. The Hall–Kier alpha value is -3.67. The van der Waals surface area contributed by atoms with Crippen molar-refractivity contribution in [2.45, 2.75) is 72.6 Å². The molecule has 2 N–H and O–H groups in total. The lowest BCUT2D eigenvalue weighted by atomic mass is 10.0. The van der Waals surface area contributed by atoms with Crippen LogP contribution < -0.4 is 9.47 Å². The van der Waals surface area contributed by atoms with Gasteiger partial charge in [-0.05, 0) is 64.1 Å². The minimum absolute atomic E-state index is 0.0568. The lowest BCUT2D eigenvalue weighted by Crippen LogP contribution is -2.35. The van der Waals surface area contributed by atoms with Gasteiger partial charge in [-0.15, -0.1) is 5.10 Å². The summed E-state index contributed by atoms with van der Waals surface area (Å²) >= 11 is 0. The van der Waals surface area contributed by atoms with E-state index in [-0.39, 0.29) is 12.2 Å². The van der Waals surface area contributed by atoms with Gasteiger partial charge in [-0.25, -0.2) is 4.68 Å². The van der Waals surface area contributed by atoms with E-state index in [1.54, 1.807) is 18.7 Å². The second-order valence-electron chi connectivity index (χ2n) is 11.0. The van der Waals surface area contributed by atoms with Crippen LogP contribution in [0.25, 0.3) is 34.2 Å². The van der Waals surface area contributed by atoms with E-state index in [1.807, 2.05) is 49.9 Å².